The maximum atomic E-state index is 13.9. The zero-order valence-electron chi connectivity index (χ0n) is 24.1. The van der Waals surface area contributed by atoms with Crippen molar-refractivity contribution in [3.8, 4) is 17.2 Å². The molecule has 1 amide bonds. The lowest BCUT2D eigenvalue weighted by atomic mass is 9.82. The van der Waals surface area contributed by atoms with Crippen LogP contribution in [0.25, 0.3) is 0 Å². The van der Waals surface area contributed by atoms with E-state index in [1.165, 1.54) is 0 Å². The van der Waals surface area contributed by atoms with E-state index in [-0.39, 0.29) is 31.2 Å². The molecule has 0 aliphatic carbocycles. The van der Waals surface area contributed by atoms with Crippen molar-refractivity contribution in [1.82, 2.24) is 10.2 Å². The maximum absolute atomic E-state index is 13.9. The minimum absolute atomic E-state index is 0.0245. The zero-order valence-corrected chi connectivity index (χ0v) is 24.1. The lowest BCUT2D eigenvalue weighted by Crippen LogP contribution is -2.40. The van der Waals surface area contributed by atoms with Crippen molar-refractivity contribution in [1.29, 1.82) is 0 Å². The molecule has 0 spiro atoms. The summed E-state index contributed by atoms with van der Waals surface area (Å²) in [5, 5.41) is 13.8. The molecule has 8 heteroatoms. The monoisotopic (exact) mass is 578 g/mol. The largest absolute Gasteiger partial charge is 0.497 e. The first-order valence-corrected chi connectivity index (χ1v) is 14.3. The second-order valence-corrected chi connectivity index (χ2v) is 11.0. The van der Waals surface area contributed by atoms with E-state index in [1.807, 2.05) is 109 Å². The summed E-state index contributed by atoms with van der Waals surface area (Å²) in [6.45, 7) is 2.57. The fourth-order valence-corrected chi connectivity index (χ4v) is 6.36. The number of aliphatic carboxylic acids is 1. The van der Waals surface area contributed by atoms with Crippen LogP contribution in [0.15, 0.2) is 97.1 Å². The van der Waals surface area contributed by atoms with E-state index in [0.29, 0.717) is 23.8 Å². The van der Waals surface area contributed by atoms with Gasteiger partial charge in [0.15, 0.2) is 11.5 Å². The van der Waals surface area contributed by atoms with Gasteiger partial charge in [-0.2, -0.15) is 0 Å². The Labute approximate surface area is 250 Å². The van der Waals surface area contributed by atoms with Gasteiger partial charge in [-0.1, -0.05) is 72.8 Å². The van der Waals surface area contributed by atoms with Gasteiger partial charge in [-0.3, -0.25) is 14.5 Å². The molecule has 0 radical (unpaired) electrons. The molecule has 0 bridgehead atoms. The summed E-state index contributed by atoms with van der Waals surface area (Å²) in [5.41, 5.74) is 4.70. The fourth-order valence-electron chi connectivity index (χ4n) is 6.36. The Balaban J connectivity index is 1.33. The van der Waals surface area contributed by atoms with Gasteiger partial charge < -0.3 is 24.6 Å². The summed E-state index contributed by atoms with van der Waals surface area (Å²) in [6.07, 6.45) is 0. The van der Waals surface area contributed by atoms with Crippen LogP contribution < -0.4 is 19.5 Å². The van der Waals surface area contributed by atoms with E-state index in [4.69, 9.17) is 14.2 Å². The van der Waals surface area contributed by atoms with Gasteiger partial charge in [0.2, 0.25) is 12.7 Å². The van der Waals surface area contributed by atoms with Crippen LogP contribution in [-0.4, -0.2) is 48.9 Å². The van der Waals surface area contributed by atoms with Crippen molar-refractivity contribution >= 4 is 11.9 Å². The van der Waals surface area contributed by atoms with Gasteiger partial charge in [-0.05, 0) is 59.0 Å². The van der Waals surface area contributed by atoms with E-state index in [1.54, 1.807) is 7.11 Å². The molecule has 4 atom stereocenters. The second-order valence-electron chi connectivity index (χ2n) is 11.0. The fraction of sp³-hybridized carbons (Fsp3) is 0.257. The Morgan fingerprint density at radius 2 is 1.63 bits per heavy atom. The summed E-state index contributed by atoms with van der Waals surface area (Å²) in [4.78, 5) is 28.8. The molecule has 2 aliphatic heterocycles. The number of hydrogen-bond acceptors (Lipinski definition) is 6. The predicted octanol–water partition coefficient (Wildman–Crippen LogP) is 5.48. The number of methoxy groups -OCH3 is 1. The number of carboxylic acids is 1. The number of benzene rings is 4. The quantitative estimate of drug-likeness (QED) is 0.272. The third-order valence-electron chi connectivity index (χ3n) is 8.45. The van der Waals surface area contributed by atoms with Crippen LogP contribution in [0.3, 0.4) is 0 Å². The Morgan fingerprint density at radius 1 is 0.930 bits per heavy atom. The van der Waals surface area contributed by atoms with Crippen LogP contribution in [0.5, 0.6) is 17.2 Å². The molecule has 220 valence electrons. The van der Waals surface area contributed by atoms with E-state index in [2.05, 4.69) is 5.32 Å². The lowest BCUT2D eigenvalue weighted by Gasteiger charge is -2.28. The first-order chi connectivity index (χ1) is 20.9. The highest BCUT2D eigenvalue weighted by Gasteiger charge is 2.48. The number of carbonyl (C=O) groups excluding carboxylic acids is 1. The maximum Gasteiger partial charge on any atom is 0.309 e. The highest BCUT2D eigenvalue weighted by molar-refractivity contribution is 5.80. The summed E-state index contributed by atoms with van der Waals surface area (Å²) in [6, 6.07) is 30.0. The van der Waals surface area contributed by atoms with Crippen molar-refractivity contribution < 1.29 is 28.9 Å². The number of carboxylic acid groups (broad SMARTS) is 1. The average molecular weight is 579 g/mol. The number of amides is 1. The van der Waals surface area contributed by atoms with Crippen LogP contribution in [0.2, 0.25) is 0 Å². The van der Waals surface area contributed by atoms with Crippen LogP contribution in [0.1, 0.15) is 45.8 Å². The molecule has 4 aromatic carbocycles. The molecule has 4 aromatic rings. The van der Waals surface area contributed by atoms with Crippen molar-refractivity contribution in [2.45, 2.75) is 24.9 Å². The predicted molar refractivity (Wildman–Crippen MR) is 161 cm³/mol. The van der Waals surface area contributed by atoms with Gasteiger partial charge in [0.05, 0.1) is 25.6 Å². The summed E-state index contributed by atoms with van der Waals surface area (Å²) in [7, 11) is 1.59. The zero-order chi connectivity index (χ0) is 29.9. The minimum atomic E-state index is -0.923. The molecule has 0 saturated carbocycles. The van der Waals surface area contributed by atoms with Crippen molar-refractivity contribution in [2.24, 2.45) is 5.92 Å². The molecule has 1 fully saturated rings. The number of aryl methyl sites for hydroxylation is 1. The highest BCUT2D eigenvalue weighted by atomic mass is 16.7. The van der Waals surface area contributed by atoms with Crippen LogP contribution in [0.4, 0.5) is 0 Å². The molecule has 43 heavy (non-hydrogen) atoms. The Bertz CT molecular complexity index is 1610. The van der Waals surface area contributed by atoms with Gasteiger partial charge >= 0.3 is 5.97 Å². The standard InChI is InChI=1S/C35H34N2O6/c1-22-8-6-7-11-27(22)33(23-9-4-3-5-10-23)36-31(38)20-37-19-28(25-14-17-29-30(18-25)43-21-42-29)32(35(39)40)34(37)24-12-15-26(41-2)16-13-24/h3-18,28,32-34H,19-21H2,1-2H3,(H,36,38)(H,39,40)/t28-,32-,33?,34+/m0/s1. The SMILES string of the molecule is COc1ccc([C@@H]2[C@@H](C(=O)O)[C@H](c3ccc4c(c3)OCO4)CN2CC(=O)NC(c2ccccc2)c2ccccc2C)cc1. The molecule has 1 saturated heterocycles. The number of ether oxygens (including phenoxy) is 3. The average Bonchev–Trinajstić information content (AvgIpc) is 3.65. The third-order valence-corrected chi connectivity index (χ3v) is 8.45. The third kappa shape index (κ3) is 5.79. The molecule has 8 nitrogen and oxygen atoms in total. The van der Waals surface area contributed by atoms with Crippen molar-refractivity contribution in [3.63, 3.8) is 0 Å². The summed E-state index contributed by atoms with van der Waals surface area (Å²) < 4.78 is 16.4. The minimum Gasteiger partial charge on any atom is -0.497 e. The number of likely N-dealkylation sites (tertiary alicyclic amines) is 1. The summed E-state index contributed by atoms with van der Waals surface area (Å²) >= 11 is 0. The van der Waals surface area contributed by atoms with Gasteiger partial charge in [0, 0.05) is 18.5 Å². The highest BCUT2D eigenvalue weighted by Crippen LogP contribution is 2.47. The Morgan fingerprint density at radius 3 is 2.35 bits per heavy atom. The van der Waals surface area contributed by atoms with Gasteiger partial charge in [-0.15, -0.1) is 0 Å². The molecule has 2 aliphatic rings. The van der Waals surface area contributed by atoms with Gasteiger partial charge in [0.1, 0.15) is 5.75 Å². The molecule has 0 aromatic heterocycles. The number of rotatable bonds is 9. The van der Waals surface area contributed by atoms with Gasteiger partial charge in [0.25, 0.3) is 0 Å². The smallest absolute Gasteiger partial charge is 0.309 e. The summed E-state index contributed by atoms with van der Waals surface area (Å²) in [5.74, 6) is -0.382. The molecular formula is C35H34N2O6. The van der Waals surface area contributed by atoms with E-state index in [9.17, 15) is 14.7 Å². The topological polar surface area (TPSA) is 97.3 Å². The van der Waals surface area contributed by atoms with Crippen molar-refractivity contribution in [2.75, 3.05) is 27.0 Å². The normalized spacial score (nSPS) is 20.0. The van der Waals surface area contributed by atoms with Gasteiger partial charge in [-0.25, -0.2) is 0 Å². The number of nitrogens with one attached hydrogen (secondary N) is 1. The van der Waals surface area contributed by atoms with E-state index >= 15 is 0 Å². The lowest BCUT2D eigenvalue weighted by molar-refractivity contribution is -0.143. The van der Waals surface area contributed by atoms with E-state index < -0.39 is 17.9 Å². The van der Waals surface area contributed by atoms with Crippen LogP contribution in [0, 0.1) is 12.8 Å². The molecule has 2 heterocycles. The van der Waals surface area contributed by atoms with Crippen LogP contribution in [-0.2, 0) is 9.59 Å². The first-order valence-electron chi connectivity index (χ1n) is 14.3. The molecule has 2 N–H and O–H groups in total. The Hall–Kier alpha value is -4.82. The Kier molecular flexibility index (Phi) is 8.03. The number of fused-ring (bicyclic) bond motifs is 1. The first kappa shape index (κ1) is 28.3. The van der Waals surface area contributed by atoms with E-state index in [0.717, 1.165) is 27.8 Å². The molecule has 6 rings (SSSR count). The van der Waals surface area contributed by atoms with Crippen LogP contribution >= 0.6 is 0 Å². The number of carbonyl (C=O) groups is 2. The van der Waals surface area contributed by atoms with Crippen molar-refractivity contribution in [3.05, 3.63) is 125 Å². The number of nitrogens with zero attached hydrogens (tertiary/aromatic N) is 1. The molecule has 1 unspecified atom stereocenters. The second kappa shape index (κ2) is 12.2. The number of hydrogen-bond donors (Lipinski definition) is 2. The molecular weight excluding hydrogens is 544 g/mol.